The quantitative estimate of drug-likeness (QED) is 0.172. The van der Waals surface area contributed by atoms with E-state index in [4.69, 9.17) is 0 Å². The van der Waals surface area contributed by atoms with Crippen LogP contribution in [0.5, 0.6) is 0 Å². The zero-order valence-electron chi connectivity index (χ0n) is 23.2. The molecule has 5 rings (SSSR count). The lowest BCUT2D eigenvalue weighted by Gasteiger charge is -2.60. The summed E-state index contributed by atoms with van der Waals surface area (Å²) in [5.41, 5.74) is 2.79. The number of benzene rings is 1. The summed E-state index contributed by atoms with van der Waals surface area (Å²) < 4.78 is 34.4. The summed E-state index contributed by atoms with van der Waals surface area (Å²) >= 11 is 0. The first-order valence-corrected chi connectivity index (χ1v) is 16.5. The van der Waals surface area contributed by atoms with Gasteiger partial charge in [0.25, 0.3) is 0 Å². The van der Waals surface area contributed by atoms with Gasteiger partial charge in [-0.3, -0.25) is 9.27 Å². The van der Waals surface area contributed by atoms with Crippen molar-refractivity contribution in [3.8, 4) is 0 Å². The highest BCUT2D eigenvalue weighted by atomic mass is 32.2. The van der Waals surface area contributed by atoms with E-state index < -0.39 is 10.3 Å². The number of aryl methyl sites for hydroxylation is 1. The predicted octanol–water partition coefficient (Wildman–Crippen LogP) is 6.34. The summed E-state index contributed by atoms with van der Waals surface area (Å²) in [4.78, 5) is 2.61. The van der Waals surface area contributed by atoms with Crippen molar-refractivity contribution in [2.24, 2.45) is 22.7 Å². The lowest BCUT2D eigenvalue weighted by Crippen LogP contribution is -2.54. The molecule has 6 nitrogen and oxygen atoms in total. The third-order valence-electron chi connectivity index (χ3n) is 10.9. The van der Waals surface area contributed by atoms with Gasteiger partial charge in [-0.05, 0) is 129 Å². The Hall–Kier alpha value is -1.41. The Morgan fingerprint density at radius 3 is 2.61 bits per heavy atom. The van der Waals surface area contributed by atoms with Gasteiger partial charge in [0, 0.05) is 0 Å². The van der Waals surface area contributed by atoms with Crippen LogP contribution in [0.1, 0.15) is 101 Å². The summed E-state index contributed by atoms with van der Waals surface area (Å²) in [5, 5.41) is 11.2. The van der Waals surface area contributed by atoms with Gasteiger partial charge in [-0.1, -0.05) is 44.7 Å². The van der Waals surface area contributed by atoms with Crippen molar-refractivity contribution < 1.29 is 18.1 Å². The van der Waals surface area contributed by atoms with Crippen molar-refractivity contribution in [1.82, 2.24) is 4.90 Å². The van der Waals surface area contributed by atoms with Crippen LogP contribution in [0.4, 0.5) is 5.69 Å². The number of allylic oxidation sites excluding steroid dienone is 1. The molecule has 0 radical (unpaired) electrons. The molecule has 4 aliphatic rings. The Labute approximate surface area is 230 Å². The van der Waals surface area contributed by atoms with E-state index in [9.17, 15) is 18.1 Å². The molecule has 1 aromatic rings. The van der Waals surface area contributed by atoms with Gasteiger partial charge in [-0.15, -0.1) is 6.58 Å². The standard InChI is InChI=1S/C31H48N2O4S/c1-3-31-17-16-23-21-25(32-38(35,36)37)12-13-26(23)29(31)24(22-30(2)27(31)14-15-28(30)34)11-7-5-4-6-8-18-33-19-9-10-20-33/h3,12-13,21,24,27-29,32,34H,1,4-11,14-20,22H2,2H3,(H,35,36,37)/t24-,27+,28-,29+,30-,31-/m0/s1. The van der Waals surface area contributed by atoms with Crippen LogP contribution in [0, 0.1) is 22.7 Å². The van der Waals surface area contributed by atoms with E-state index in [-0.39, 0.29) is 16.9 Å². The maximum absolute atomic E-state index is 11.4. The molecule has 0 spiro atoms. The molecule has 0 aromatic heterocycles. The van der Waals surface area contributed by atoms with Crippen LogP contribution < -0.4 is 4.72 Å². The van der Waals surface area contributed by atoms with Gasteiger partial charge in [0.2, 0.25) is 0 Å². The van der Waals surface area contributed by atoms with Gasteiger partial charge in [-0.2, -0.15) is 8.42 Å². The van der Waals surface area contributed by atoms with Crippen LogP contribution in [-0.4, -0.2) is 48.7 Å². The number of unbranched alkanes of at least 4 members (excludes halogenated alkanes) is 4. The van der Waals surface area contributed by atoms with E-state index in [1.807, 2.05) is 6.07 Å². The zero-order valence-corrected chi connectivity index (χ0v) is 24.0. The normalized spacial score (nSPS) is 34.9. The molecule has 0 bridgehead atoms. The number of likely N-dealkylation sites (tertiary alicyclic amines) is 1. The molecule has 7 heteroatoms. The van der Waals surface area contributed by atoms with E-state index in [1.54, 1.807) is 6.07 Å². The monoisotopic (exact) mass is 544 g/mol. The van der Waals surface area contributed by atoms with Crippen molar-refractivity contribution in [2.75, 3.05) is 24.4 Å². The lowest BCUT2D eigenvalue weighted by molar-refractivity contribution is -0.0812. The van der Waals surface area contributed by atoms with Crippen LogP contribution >= 0.6 is 0 Å². The summed E-state index contributed by atoms with van der Waals surface area (Å²) in [5.74, 6) is 1.21. The minimum absolute atomic E-state index is 0.0458. The molecule has 0 unspecified atom stereocenters. The number of fused-ring (bicyclic) bond motifs is 5. The maximum Gasteiger partial charge on any atom is 0.357 e. The molecule has 1 heterocycles. The number of hydrogen-bond acceptors (Lipinski definition) is 4. The molecule has 6 atom stereocenters. The van der Waals surface area contributed by atoms with E-state index in [0.717, 1.165) is 38.5 Å². The van der Waals surface area contributed by atoms with Crippen LogP contribution in [0.15, 0.2) is 30.9 Å². The van der Waals surface area contributed by atoms with Gasteiger partial charge in [0.15, 0.2) is 0 Å². The number of anilines is 1. The van der Waals surface area contributed by atoms with Crippen molar-refractivity contribution >= 4 is 16.0 Å². The van der Waals surface area contributed by atoms with Crippen molar-refractivity contribution in [3.63, 3.8) is 0 Å². The summed E-state index contributed by atoms with van der Waals surface area (Å²) in [6.45, 7) is 10.6. The molecule has 1 aliphatic heterocycles. The Morgan fingerprint density at radius 2 is 1.87 bits per heavy atom. The summed E-state index contributed by atoms with van der Waals surface area (Å²) in [7, 11) is -4.30. The van der Waals surface area contributed by atoms with Crippen molar-refractivity contribution in [2.45, 2.75) is 102 Å². The molecular weight excluding hydrogens is 496 g/mol. The molecule has 3 fully saturated rings. The molecule has 2 saturated carbocycles. The Kier molecular flexibility index (Phi) is 8.31. The molecule has 3 N–H and O–H groups in total. The van der Waals surface area contributed by atoms with Crippen LogP contribution in [0.3, 0.4) is 0 Å². The smallest absolute Gasteiger partial charge is 0.357 e. The van der Waals surface area contributed by atoms with E-state index in [1.165, 1.54) is 75.7 Å². The Balaban J connectivity index is 1.32. The molecule has 1 aromatic carbocycles. The number of aliphatic hydroxyl groups is 1. The maximum atomic E-state index is 11.4. The highest BCUT2D eigenvalue weighted by Crippen LogP contribution is 2.69. The van der Waals surface area contributed by atoms with Gasteiger partial charge < -0.3 is 10.0 Å². The minimum Gasteiger partial charge on any atom is -0.393 e. The third kappa shape index (κ3) is 5.45. The molecule has 212 valence electrons. The summed E-state index contributed by atoms with van der Waals surface area (Å²) in [6, 6.07) is 5.79. The fourth-order valence-corrected chi connectivity index (χ4v) is 9.62. The third-order valence-corrected chi connectivity index (χ3v) is 11.4. The average Bonchev–Trinajstić information content (AvgIpc) is 3.49. The van der Waals surface area contributed by atoms with Crippen LogP contribution in [-0.2, 0) is 16.7 Å². The molecule has 1 saturated heterocycles. The fourth-order valence-electron chi connectivity index (χ4n) is 9.20. The topological polar surface area (TPSA) is 89.9 Å². The molecular formula is C31H48N2O4S. The number of nitrogens with zero attached hydrogens (tertiary/aromatic N) is 1. The highest BCUT2D eigenvalue weighted by Gasteiger charge is 2.63. The second-order valence-electron chi connectivity index (χ2n) is 13.0. The largest absolute Gasteiger partial charge is 0.393 e. The number of hydrogen-bond donors (Lipinski definition) is 3. The number of nitrogens with one attached hydrogen (secondary N) is 1. The highest BCUT2D eigenvalue weighted by molar-refractivity contribution is 7.87. The second kappa shape index (κ2) is 11.2. The van der Waals surface area contributed by atoms with Gasteiger partial charge in [0.05, 0.1) is 11.8 Å². The fraction of sp³-hybridized carbons (Fsp3) is 0.742. The molecule has 38 heavy (non-hydrogen) atoms. The summed E-state index contributed by atoms with van der Waals surface area (Å²) in [6.07, 6.45) is 17.0. The predicted molar refractivity (Wildman–Crippen MR) is 154 cm³/mol. The first-order valence-electron chi connectivity index (χ1n) is 15.1. The first kappa shape index (κ1) is 28.1. The zero-order chi connectivity index (χ0) is 27.0. The minimum atomic E-state index is -4.30. The van der Waals surface area contributed by atoms with E-state index in [0.29, 0.717) is 23.4 Å². The van der Waals surface area contributed by atoms with Gasteiger partial charge in [-0.25, -0.2) is 0 Å². The molecule has 3 aliphatic carbocycles. The van der Waals surface area contributed by atoms with Crippen LogP contribution in [0.25, 0.3) is 0 Å². The second-order valence-corrected chi connectivity index (χ2v) is 14.2. The van der Waals surface area contributed by atoms with Gasteiger partial charge in [0.1, 0.15) is 0 Å². The number of rotatable bonds is 11. The SMILES string of the molecule is C=C[C@@]12CCc3cc(NS(=O)(=O)O)ccc3[C@H]1[C@@H](CCCCCCCN1CCCC1)C[C@@]1(C)[C@H]2CC[C@@H]1O. The number of aliphatic hydroxyl groups excluding tert-OH is 1. The van der Waals surface area contributed by atoms with E-state index >= 15 is 0 Å². The van der Waals surface area contributed by atoms with Crippen LogP contribution in [0.2, 0.25) is 0 Å². The first-order chi connectivity index (χ1) is 18.2. The molecule has 0 amide bonds. The Bertz CT molecular complexity index is 1100. The average molecular weight is 545 g/mol. The van der Waals surface area contributed by atoms with Gasteiger partial charge >= 0.3 is 10.3 Å². The Morgan fingerprint density at radius 1 is 1.13 bits per heavy atom. The van der Waals surface area contributed by atoms with E-state index in [2.05, 4.69) is 35.3 Å². The van der Waals surface area contributed by atoms with Crippen molar-refractivity contribution in [1.29, 1.82) is 0 Å². The lowest BCUT2D eigenvalue weighted by atomic mass is 9.44. The van der Waals surface area contributed by atoms with Crippen molar-refractivity contribution in [3.05, 3.63) is 42.0 Å².